The zero-order valence-corrected chi connectivity index (χ0v) is 16.9. The predicted octanol–water partition coefficient (Wildman–Crippen LogP) is 3.79. The van der Waals surface area contributed by atoms with Crippen LogP contribution in [-0.4, -0.2) is 22.7 Å². The molecule has 4 rings (SSSR count). The van der Waals surface area contributed by atoms with E-state index in [0.717, 1.165) is 16.9 Å². The van der Waals surface area contributed by atoms with Crippen LogP contribution in [0.5, 0.6) is 5.75 Å². The van der Waals surface area contributed by atoms with Gasteiger partial charge in [0.05, 0.1) is 13.5 Å². The maximum atomic E-state index is 12.9. The summed E-state index contributed by atoms with van der Waals surface area (Å²) in [6, 6.07) is 14.4. The number of anilines is 1. The summed E-state index contributed by atoms with van der Waals surface area (Å²) in [4.78, 5) is 25.5. The molecule has 152 valence electrons. The maximum absolute atomic E-state index is 12.9. The SMILES string of the molecule is COc1ccc(CC(=O)Nc2cccc3c(=O)n(-c4cc(C)on4)ccc23)cc1C. The fraction of sp³-hybridized carbons (Fsp3) is 0.174. The summed E-state index contributed by atoms with van der Waals surface area (Å²) in [5.41, 5.74) is 2.21. The smallest absolute Gasteiger partial charge is 0.264 e. The van der Waals surface area contributed by atoms with Crippen LogP contribution in [0, 0.1) is 13.8 Å². The number of hydrogen-bond acceptors (Lipinski definition) is 5. The number of fused-ring (bicyclic) bond motifs is 1. The second-order valence-corrected chi connectivity index (χ2v) is 7.08. The van der Waals surface area contributed by atoms with E-state index in [1.165, 1.54) is 4.57 Å². The maximum Gasteiger partial charge on any atom is 0.264 e. The van der Waals surface area contributed by atoms with Gasteiger partial charge in [-0.3, -0.25) is 14.2 Å². The molecule has 0 radical (unpaired) electrons. The molecule has 0 fully saturated rings. The molecular weight excluding hydrogens is 382 g/mol. The zero-order chi connectivity index (χ0) is 21.3. The van der Waals surface area contributed by atoms with Gasteiger partial charge in [0, 0.05) is 28.7 Å². The molecule has 7 heteroatoms. The van der Waals surface area contributed by atoms with Crippen molar-refractivity contribution in [3.8, 4) is 11.6 Å². The first-order chi connectivity index (χ1) is 14.5. The van der Waals surface area contributed by atoms with Gasteiger partial charge in [0.25, 0.3) is 5.56 Å². The van der Waals surface area contributed by atoms with Crippen LogP contribution < -0.4 is 15.6 Å². The van der Waals surface area contributed by atoms with Crippen molar-refractivity contribution in [1.29, 1.82) is 0 Å². The summed E-state index contributed by atoms with van der Waals surface area (Å²) in [7, 11) is 1.62. The normalized spacial score (nSPS) is 10.9. The first-order valence-electron chi connectivity index (χ1n) is 9.47. The number of rotatable bonds is 5. The van der Waals surface area contributed by atoms with E-state index in [2.05, 4.69) is 10.5 Å². The number of nitrogens with zero attached hydrogens (tertiary/aromatic N) is 2. The molecule has 0 spiro atoms. The van der Waals surface area contributed by atoms with Gasteiger partial charge in [0.1, 0.15) is 11.5 Å². The van der Waals surface area contributed by atoms with E-state index >= 15 is 0 Å². The Morgan fingerprint density at radius 3 is 2.67 bits per heavy atom. The second-order valence-electron chi connectivity index (χ2n) is 7.08. The molecule has 2 aromatic carbocycles. The molecular formula is C23H21N3O4. The number of aromatic nitrogens is 2. The largest absolute Gasteiger partial charge is 0.496 e. The lowest BCUT2D eigenvalue weighted by Crippen LogP contribution is -2.19. The highest BCUT2D eigenvalue weighted by Gasteiger charge is 2.12. The number of hydrogen-bond donors (Lipinski definition) is 1. The number of methoxy groups -OCH3 is 1. The summed E-state index contributed by atoms with van der Waals surface area (Å²) in [5, 5.41) is 7.97. The van der Waals surface area contributed by atoms with Crippen molar-refractivity contribution in [2.75, 3.05) is 12.4 Å². The molecule has 2 heterocycles. The van der Waals surface area contributed by atoms with Crippen LogP contribution in [0.2, 0.25) is 0 Å². The van der Waals surface area contributed by atoms with Crippen molar-refractivity contribution in [2.45, 2.75) is 20.3 Å². The van der Waals surface area contributed by atoms with Crippen LogP contribution in [0.15, 0.2) is 64.0 Å². The fourth-order valence-electron chi connectivity index (χ4n) is 3.46. The summed E-state index contributed by atoms with van der Waals surface area (Å²) < 4.78 is 11.7. The molecule has 0 unspecified atom stereocenters. The Morgan fingerprint density at radius 1 is 1.13 bits per heavy atom. The minimum Gasteiger partial charge on any atom is -0.496 e. The Bertz CT molecular complexity index is 1300. The van der Waals surface area contributed by atoms with E-state index in [4.69, 9.17) is 9.26 Å². The van der Waals surface area contributed by atoms with Gasteiger partial charge in [0.2, 0.25) is 5.91 Å². The topological polar surface area (TPSA) is 86.4 Å². The zero-order valence-electron chi connectivity index (χ0n) is 16.9. The number of ether oxygens (including phenoxy) is 1. The van der Waals surface area contributed by atoms with Gasteiger partial charge in [-0.1, -0.05) is 23.4 Å². The monoisotopic (exact) mass is 403 g/mol. The Hall–Kier alpha value is -3.87. The number of aryl methyl sites for hydroxylation is 2. The molecule has 0 saturated carbocycles. The number of nitrogens with one attached hydrogen (secondary N) is 1. The van der Waals surface area contributed by atoms with E-state index in [9.17, 15) is 9.59 Å². The summed E-state index contributed by atoms with van der Waals surface area (Å²) in [5.74, 6) is 1.66. The van der Waals surface area contributed by atoms with E-state index in [0.29, 0.717) is 28.0 Å². The Kier molecular flexibility index (Phi) is 5.10. The number of pyridine rings is 1. The van der Waals surface area contributed by atoms with Crippen LogP contribution in [0.3, 0.4) is 0 Å². The number of carbonyl (C=O) groups excluding carboxylic acids is 1. The van der Waals surface area contributed by atoms with Gasteiger partial charge in [-0.05, 0) is 49.2 Å². The third kappa shape index (κ3) is 3.69. The quantitative estimate of drug-likeness (QED) is 0.548. The molecule has 0 saturated heterocycles. The van der Waals surface area contributed by atoms with Crippen LogP contribution in [0.25, 0.3) is 16.6 Å². The summed E-state index contributed by atoms with van der Waals surface area (Å²) in [6.07, 6.45) is 1.85. The van der Waals surface area contributed by atoms with Gasteiger partial charge in [-0.25, -0.2) is 0 Å². The lowest BCUT2D eigenvalue weighted by molar-refractivity contribution is -0.115. The Morgan fingerprint density at radius 2 is 1.97 bits per heavy atom. The van der Waals surface area contributed by atoms with Crippen LogP contribution in [-0.2, 0) is 11.2 Å². The minimum atomic E-state index is -0.234. The van der Waals surface area contributed by atoms with Crippen molar-refractivity contribution in [2.24, 2.45) is 0 Å². The molecule has 0 bridgehead atoms. The highest BCUT2D eigenvalue weighted by molar-refractivity contribution is 6.02. The van der Waals surface area contributed by atoms with Crippen LogP contribution in [0.4, 0.5) is 5.69 Å². The summed E-state index contributed by atoms with van der Waals surface area (Å²) >= 11 is 0. The lowest BCUT2D eigenvalue weighted by atomic mass is 10.1. The number of benzene rings is 2. The standard InChI is InChI=1S/C23H21N3O4/c1-14-11-16(7-8-20(14)29-3)13-22(27)24-19-6-4-5-18-17(19)9-10-26(23(18)28)21-12-15(2)30-25-21/h4-12H,13H2,1-3H3,(H,24,27). The average molecular weight is 403 g/mol. The molecule has 4 aromatic rings. The Balaban J connectivity index is 1.61. The molecule has 0 aliphatic rings. The first kappa shape index (κ1) is 19.4. The molecule has 30 heavy (non-hydrogen) atoms. The fourth-order valence-corrected chi connectivity index (χ4v) is 3.46. The van der Waals surface area contributed by atoms with E-state index in [1.807, 2.05) is 25.1 Å². The molecule has 1 amide bonds. The molecule has 0 atom stereocenters. The molecule has 0 aliphatic heterocycles. The van der Waals surface area contributed by atoms with Gasteiger partial charge in [-0.15, -0.1) is 0 Å². The van der Waals surface area contributed by atoms with Crippen molar-refractivity contribution in [1.82, 2.24) is 9.72 Å². The molecule has 2 aromatic heterocycles. The van der Waals surface area contributed by atoms with E-state index < -0.39 is 0 Å². The second kappa shape index (κ2) is 7.87. The van der Waals surface area contributed by atoms with Crippen molar-refractivity contribution < 1.29 is 14.1 Å². The molecule has 7 nitrogen and oxygen atoms in total. The van der Waals surface area contributed by atoms with Crippen LogP contribution >= 0.6 is 0 Å². The first-order valence-corrected chi connectivity index (χ1v) is 9.47. The molecule has 0 aliphatic carbocycles. The van der Waals surface area contributed by atoms with Gasteiger partial charge in [-0.2, -0.15) is 0 Å². The summed E-state index contributed by atoms with van der Waals surface area (Å²) in [6.45, 7) is 3.70. The van der Waals surface area contributed by atoms with E-state index in [-0.39, 0.29) is 17.9 Å². The van der Waals surface area contributed by atoms with Crippen molar-refractivity contribution in [3.63, 3.8) is 0 Å². The van der Waals surface area contributed by atoms with Crippen molar-refractivity contribution in [3.05, 3.63) is 82.0 Å². The average Bonchev–Trinajstić information content (AvgIpc) is 3.15. The van der Waals surface area contributed by atoms with Gasteiger partial charge < -0.3 is 14.6 Å². The number of amides is 1. The van der Waals surface area contributed by atoms with Crippen molar-refractivity contribution >= 4 is 22.4 Å². The lowest BCUT2D eigenvalue weighted by Gasteiger charge is -2.11. The highest BCUT2D eigenvalue weighted by atomic mass is 16.5. The highest BCUT2D eigenvalue weighted by Crippen LogP contribution is 2.23. The number of carbonyl (C=O) groups is 1. The third-order valence-corrected chi connectivity index (χ3v) is 4.91. The van der Waals surface area contributed by atoms with Gasteiger partial charge >= 0.3 is 0 Å². The minimum absolute atomic E-state index is 0.164. The third-order valence-electron chi connectivity index (χ3n) is 4.91. The molecule has 1 N–H and O–H groups in total. The Labute approximate surface area is 172 Å². The van der Waals surface area contributed by atoms with Crippen LogP contribution in [0.1, 0.15) is 16.9 Å². The van der Waals surface area contributed by atoms with Gasteiger partial charge in [0.15, 0.2) is 5.82 Å². The van der Waals surface area contributed by atoms with E-state index in [1.54, 1.807) is 50.6 Å². The predicted molar refractivity (Wildman–Crippen MR) is 114 cm³/mol.